The second kappa shape index (κ2) is 7.43. The maximum absolute atomic E-state index is 12.3. The summed E-state index contributed by atoms with van der Waals surface area (Å²) in [4.78, 5) is 9.51. The van der Waals surface area contributed by atoms with Crippen molar-refractivity contribution in [2.75, 3.05) is 6.54 Å². The summed E-state index contributed by atoms with van der Waals surface area (Å²) in [6.07, 6.45) is 0.773. The van der Waals surface area contributed by atoms with Crippen LogP contribution in [0.3, 0.4) is 0 Å². The fourth-order valence-electron chi connectivity index (χ4n) is 1.99. The van der Waals surface area contributed by atoms with Gasteiger partial charge in [0, 0.05) is 23.8 Å². The van der Waals surface area contributed by atoms with Gasteiger partial charge >= 0.3 is 6.36 Å². The Hall–Kier alpha value is -2.42. The molecule has 0 saturated heterocycles. The van der Waals surface area contributed by atoms with E-state index in [0.29, 0.717) is 6.54 Å². The highest BCUT2D eigenvalue weighted by atomic mass is 35.5. The van der Waals surface area contributed by atoms with Crippen LogP contribution in [0.25, 0.3) is 0 Å². The van der Waals surface area contributed by atoms with Gasteiger partial charge < -0.3 is 21.1 Å². The van der Waals surface area contributed by atoms with E-state index >= 15 is 0 Å². The van der Waals surface area contributed by atoms with Crippen molar-refractivity contribution in [3.63, 3.8) is 0 Å². The number of hydrogen-bond donors (Lipinski definition) is 2. The van der Waals surface area contributed by atoms with Crippen molar-refractivity contribution in [1.29, 1.82) is 0 Å². The smallest absolute Gasteiger partial charge is 0.406 e. The largest absolute Gasteiger partial charge is 0.573 e. The van der Waals surface area contributed by atoms with Crippen LogP contribution < -0.4 is 16.2 Å². The third-order valence-corrected chi connectivity index (χ3v) is 3.13. The minimum atomic E-state index is -4.83. The van der Waals surface area contributed by atoms with Crippen molar-refractivity contribution >= 4 is 29.2 Å². The Morgan fingerprint density at radius 1 is 1.25 bits per heavy atom. The Labute approximate surface area is 141 Å². The monoisotopic (exact) mass is 361 g/mol. The summed E-state index contributed by atoms with van der Waals surface area (Å²) in [6, 6.07) is 3.38. The maximum Gasteiger partial charge on any atom is 0.573 e. The van der Waals surface area contributed by atoms with Crippen molar-refractivity contribution in [2.45, 2.75) is 19.2 Å². The number of rotatable bonds is 2. The first-order valence-electron chi connectivity index (χ1n) is 6.91. The molecule has 0 unspecified atom stereocenters. The summed E-state index contributed by atoms with van der Waals surface area (Å²) >= 11 is 5.75. The Bertz CT molecular complexity index is 687. The minimum Gasteiger partial charge on any atom is -0.406 e. The Morgan fingerprint density at radius 3 is 2.62 bits per heavy atom. The van der Waals surface area contributed by atoms with Crippen LogP contribution in [-0.4, -0.2) is 29.7 Å². The SMILES string of the molecule is NC(=Nc1cc(Cl)cc(OC(F)(F)F)c1)N=C(N)N1C=CCCC1. The van der Waals surface area contributed by atoms with Gasteiger partial charge in [-0.25, -0.2) is 4.99 Å². The molecule has 0 fully saturated rings. The highest BCUT2D eigenvalue weighted by Gasteiger charge is 2.31. The highest BCUT2D eigenvalue weighted by Crippen LogP contribution is 2.30. The van der Waals surface area contributed by atoms with E-state index in [2.05, 4.69) is 14.7 Å². The van der Waals surface area contributed by atoms with Gasteiger partial charge in [-0.3, -0.25) is 0 Å². The van der Waals surface area contributed by atoms with Gasteiger partial charge in [0.1, 0.15) is 5.75 Å². The summed E-state index contributed by atoms with van der Waals surface area (Å²) in [7, 11) is 0. The first-order chi connectivity index (χ1) is 11.2. The molecule has 10 heteroatoms. The second-order valence-electron chi connectivity index (χ2n) is 4.85. The van der Waals surface area contributed by atoms with Gasteiger partial charge in [0.15, 0.2) is 0 Å². The summed E-state index contributed by atoms with van der Waals surface area (Å²) in [6.45, 7) is 0.694. The van der Waals surface area contributed by atoms with Crippen LogP contribution in [0.5, 0.6) is 5.75 Å². The molecular weight excluding hydrogens is 347 g/mol. The van der Waals surface area contributed by atoms with Crippen LogP contribution >= 0.6 is 11.6 Å². The molecule has 130 valence electrons. The number of nitrogens with two attached hydrogens (primary N) is 2. The van der Waals surface area contributed by atoms with Crippen molar-refractivity contribution in [3.05, 3.63) is 35.5 Å². The molecule has 1 aromatic rings. The molecule has 1 aliphatic rings. The second-order valence-corrected chi connectivity index (χ2v) is 5.29. The number of alkyl halides is 3. The number of nitrogens with zero attached hydrogens (tertiary/aromatic N) is 3. The minimum absolute atomic E-state index is 0.0132. The number of guanidine groups is 2. The van der Waals surface area contributed by atoms with Gasteiger partial charge in [-0.2, -0.15) is 4.99 Å². The topological polar surface area (TPSA) is 89.2 Å². The molecule has 0 amide bonds. The van der Waals surface area contributed by atoms with Crippen LogP contribution in [0.15, 0.2) is 40.5 Å². The fourth-order valence-corrected chi connectivity index (χ4v) is 2.21. The average molecular weight is 362 g/mol. The summed E-state index contributed by atoms with van der Waals surface area (Å²) in [5.74, 6) is -0.579. The number of allylic oxidation sites excluding steroid dienone is 1. The van der Waals surface area contributed by atoms with Gasteiger partial charge in [-0.15, -0.1) is 13.2 Å². The molecule has 0 bridgehead atoms. The fraction of sp³-hybridized carbons (Fsp3) is 0.286. The van der Waals surface area contributed by atoms with Crippen LogP contribution in [0.4, 0.5) is 18.9 Å². The molecule has 0 atom stereocenters. The molecular formula is C14H15ClF3N5O. The van der Waals surface area contributed by atoms with Crippen LogP contribution in [0.1, 0.15) is 12.8 Å². The van der Waals surface area contributed by atoms with Crippen molar-refractivity contribution in [3.8, 4) is 5.75 Å². The molecule has 0 spiro atoms. The zero-order valence-corrected chi connectivity index (χ0v) is 13.2. The molecule has 0 aliphatic carbocycles. The zero-order valence-electron chi connectivity index (χ0n) is 12.4. The lowest BCUT2D eigenvalue weighted by molar-refractivity contribution is -0.274. The average Bonchev–Trinajstić information content (AvgIpc) is 2.45. The molecule has 1 aromatic carbocycles. The molecule has 1 aliphatic heterocycles. The summed E-state index contributed by atoms with van der Waals surface area (Å²) in [5.41, 5.74) is 11.5. The van der Waals surface area contributed by atoms with E-state index in [1.165, 1.54) is 6.07 Å². The molecule has 24 heavy (non-hydrogen) atoms. The quantitative estimate of drug-likeness (QED) is 0.625. The van der Waals surface area contributed by atoms with Crippen molar-refractivity contribution in [1.82, 2.24) is 4.90 Å². The molecule has 2 rings (SSSR count). The van der Waals surface area contributed by atoms with Crippen molar-refractivity contribution < 1.29 is 17.9 Å². The lowest BCUT2D eigenvalue weighted by Crippen LogP contribution is -2.36. The van der Waals surface area contributed by atoms with E-state index in [4.69, 9.17) is 23.1 Å². The van der Waals surface area contributed by atoms with Crippen LogP contribution in [0, 0.1) is 0 Å². The lowest BCUT2D eigenvalue weighted by Gasteiger charge is -2.21. The van der Waals surface area contributed by atoms with Gasteiger partial charge in [0.25, 0.3) is 0 Å². The molecule has 1 heterocycles. The van der Waals surface area contributed by atoms with E-state index in [1.807, 2.05) is 6.08 Å². The number of benzene rings is 1. The number of ether oxygens (including phenoxy) is 1. The molecule has 0 aromatic heterocycles. The third-order valence-electron chi connectivity index (χ3n) is 2.91. The third kappa shape index (κ3) is 5.65. The van der Waals surface area contributed by atoms with Crippen molar-refractivity contribution in [2.24, 2.45) is 21.5 Å². The van der Waals surface area contributed by atoms with E-state index < -0.39 is 12.1 Å². The Kier molecular flexibility index (Phi) is 5.55. The van der Waals surface area contributed by atoms with E-state index in [0.717, 1.165) is 25.0 Å². The first-order valence-corrected chi connectivity index (χ1v) is 7.29. The van der Waals surface area contributed by atoms with Gasteiger partial charge in [-0.1, -0.05) is 17.7 Å². The molecule has 0 radical (unpaired) electrons. The maximum atomic E-state index is 12.3. The van der Waals surface area contributed by atoms with Gasteiger partial charge in [0.05, 0.1) is 5.69 Å². The van der Waals surface area contributed by atoms with E-state index in [1.54, 1.807) is 11.1 Å². The van der Waals surface area contributed by atoms with E-state index in [9.17, 15) is 13.2 Å². The molecule has 6 nitrogen and oxygen atoms in total. The number of hydrogen-bond acceptors (Lipinski definition) is 2. The zero-order chi connectivity index (χ0) is 17.7. The Morgan fingerprint density at radius 2 is 2.00 bits per heavy atom. The lowest BCUT2D eigenvalue weighted by atomic mass is 10.2. The predicted octanol–water partition coefficient (Wildman–Crippen LogP) is 3.11. The normalized spacial score (nSPS) is 16.4. The van der Waals surface area contributed by atoms with Gasteiger partial charge in [0.2, 0.25) is 11.9 Å². The highest BCUT2D eigenvalue weighted by molar-refractivity contribution is 6.31. The summed E-state index contributed by atoms with van der Waals surface area (Å²) < 4.78 is 40.6. The number of halogens is 4. The first kappa shape index (κ1) is 17.9. The summed E-state index contributed by atoms with van der Waals surface area (Å²) in [5, 5.41) is 0.0132. The molecule has 0 saturated carbocycles. The van der Waals surface area contributed by atoms with Gasteiger partial charge in [-0.05, 0) is 25.0 Å². The van der Waals surface area contributed by atoms with E-state index in [-0.39, 0.29) is 22.6 Å². The molecule has 4 N–H and O–H groups in total. The van der Waals surface area contributed by atoms with Crippen LogP contribution in [0.2, 0.25) is 5.02 Å². The standard InChI is InChI=1S/C14H15ClF3N5O/c15-9-6-10(8-11(7-9)24-14(16,17)18)21-12(19)22-13(20)23-4-2-1-3-5-23/h2,4,6-8H,1,3,5H2,(H4,19,20,21,22). The van der Waals surface area contributed by atoms with Crippen LogP contribution in [-0.2, 0) is 0 Å². The number of aliphatic imine (C=N–C) groups is 2. The Balaban J connectivity index is 2.20. The predicted molar refractivity (Wildman–Crippen MR) is 86.1 cm³/mol.